The molecule has 0 unspecified atom stereocenters. The van der Waals surface area contributed by atoms with Crippen LogP contribution in [0.3, 0.4) is 0 Å². The lowest BCUT2D eigenvalue weighted by Crippen LogP contribution is -2.34. The lowest BCUT2D eigenvalue weighted by atomic mass is 10.0. The number of carboxylic acids is 1. The quantitative estimate of drug-likeness (QED) is 0.936. The van der Waals surface area contributed by atoms with Crippen LogP contribution in [-0.4, -0.2) is 28.7 Å². The van der Waals surface area contributed by atoms with Crippen molar-refractivity contribution in [3.8, 4) is 6.07 Å². The Hall–Kier alpha value is -2.81. The molecule has 0 spiro atoms. The first kappa shape index (κ1) is 15.1. The molecule has 6 heteroatoms. The highest BCUT2D eigenvalue weighted by Crippen LogP contribution is 2.30. The number of anilines is 1. The first-order valence-corrected chi connectivity index (χ1v) is 7.66. The molecule has 0 radical (unpaired) electrons. The molecule has 6 nitrogen and oxygen atoms in total. The molecule has 1 N–H and O–H groups in total. The lowest BCUT2D eigenvalue weighted by Gasteiger charge is -2.31. The average Bonchev–Trinajstić information content (AvgIpc) is 2.57. The van der Waals surface area contributed by atoms with E-state index in [0.29, 0.717) is 11.2 Å². The Kier molecular flexibility index (Phi) is 4.02. The molecule has 1 saturated heterocycles. The zero-order valence-electron chi connectivity index (χ0n) is 12.7. The standard InChI is InChI=1S/C17H17N3O3/c18-10-13-16(19-8-4-1-5-9-19)12-6-2-3-7-14(12)20(17(13)23)11-15(21)22/h2-3,6-7H,1,4-5,8-9,11H2,(H,21,22). The number of rotatable bonds is 3. The molecule has 1 aliphatic rings. The summed E-state index contributed by atoms with van der Waals surface area (Å²) in [5, 5.41) is 19.3. The molecule has 2 heterocycles. The molecule has 2 aromatic rings. The molecule has 0 aliphatic carbocycles. The number of para-hydroxylation sites is 1. The normalized spacial score (nSPS) is 14.7. The van der Waals surface area contributed by atoms with Crippen LogP contribution in [0.2, 0.25) is 0 Å². The van der Waals surface area contributed by atoms with E-state index >= 15 is 0 Å². The van der Waals surface area contributed by atoms with Crippen LogP contribution in [0.25, 0.3) is 10.9 Å². The van der Waals surface area contributed by atoms with Gasteiger partial charge in [0.15, 0.2) is 0 Å². The van der Waals surface area contributed by atoms with Crippen molar-refractivity contribution in [1.82, 2.24) is 4.57 Å². The van der Waals surface area contributed by atoms with E-state index in [4.69, 9.17) is 5.11 Å². The first-order valence-electron chi connectivity index (χ1n) is 7.66. The molecule has 23 heavy (non-hydrogen) atoms. The number of hydrogen-bond acceptors (Lipinski definition) is 4. The van der Waals surface area contributed by atoms with Gasteiger partial charge in [0.05, 0.1) is 11.2 Å². The Morgan fingerprint density at radius 3 is 2.57 bits per heavy atom. The first-order chi connectivity index (χ1) is 11.1. The second-order valence-electron chi connectivity index (χ2n) is 5.69. The van der Waals surface area contributed by atoms with Gasteiger partial charge in [-0.1, -0.05) is 18.2 Å². The van der Waals surface area contributed by atoms with Gasteiger partial charge in [0.25, 0.3) is 5.56 Å². The van der Waals surface area contributed by atoms with E-state index in [2.05, 4.69) is 4.90 Å². The van der Waals surface area contributed by atoms with E-state index in [1.807, 2.05) is 18.2 Å². The van der Waals surface area contributed by atoms with Gasteiger partial charge in [0.2, 0.25) is 0 Å². The van der Waals surface area contributed by atoms with Crippen molar-refractivity contribution in [3.05, 3.63) is 40.2 Å². The number of pyridine rings is 1. The largest absolute Gasteiger partial charge is 0.480 e. The molecule has 118 valence electrons. The molecule has 0 atom stereocenters. The van der Waals surface area contributed by atoms with Crippen molar-refractivity contribution in [2.24, 2.45) is 0 Å². The summed E-state index contributed by atoms with van der Waals surface area (Å²) in [6.07, 6.45) is 3.20. The zero-order valence-corrected chi connectivity index (χ0v) is 12.7. The third-order valence-corrected chi connectivity index (χ3v) is 4.22. The Labute approximate surface area is 133 Å². The van der Waals surface area contributed by atoms with Crippen molar-refractivity contribution in [2.45, 2.75) is 25.8 Å². The second kappa shape index (κ2) is 6.13. The Bertz CT molecular complexity index is 858. The number of piperidine rings is 1. The minimum Gasteiger partial charge on any atom is -0.480 e. The van der Waals surface area contributed by atoms with Gasteiger partial charge >= 0.3 is 5.97 Å². The predicted octanol–water partition coefficient (Wildman–Crippen LogP) is 1.95. The van der Waals surface area contributed by atoms with Gasteiger partial charge in [0.1, 0.15) is 18.2 Å². The Morgan fingerprint density at radius 2 is 1.91 bits per heavy atom. The fourth-order valence-corrected chi connectivity index (χ4v) is 3.23. The number of carbonyl (C=O) groups is 1. The van der Waals surface area contributed by atoms with Crippen LogP contribution >= 0.6 is 0 Å². The van der Waals surface area contributed by atoms with Crippen molar-refractivity contribution in [1.29, 1.82) is 5.26 Å². The van der Waals surface area contributed by atoms with Crippen LogP contribution in [0.5, 0.6) is 0 Å². The minimum absolute atomic E-state index is 0.0341. The van der Waals surface area contributed by atoms with Crippen molar-refractivity contribution < 1.29 is 9.90 Å². The number of aliphatic carboxylic acids is 1. The van der Waals surface area contributed by atoms with Gasteiger partial charge in [0, 0.05) is 18.5 Å². The number of hydrogen-bond donors (Lipinski definition) is 1. The fourth-order valence-electron chi connectivity index (χ4n) is 3.23. The maximum absolute atomic E-state index is 12.7. The molecular weight excluding hydrogens is 294 g/mol. The molecular formula is C17H17N3O3. The van der Waals surface area contributed by atoms with Crippen LogP contribution in [-0.2, 0) is 11.3 Å². The minimum atomic E-state index is -1.10. The number of fused-ring (bicyclic) bond motifs is 1. The highest BCUT2D eigenvalue weighted by Gasteiger charge is 2.23. The smallest absolute Gasteiger partial charge is 0.323 e. The number of nitriles is 1. The molecule has 0 amide bonds. The van der Waals surface area contributed by atoms with Gasteiger partial charge in [-0.3, -0.25) is 14.2 Å². The van der Waals surface area contributed by atoms with E-state index in [9.17, 15) is 14.9 Å². The molecule has 1 aliphatic heterocycles. The third kappa shape index (κ3) is 2.66. The van der Waals surface area contributed by atoms with Crippen molar-refractivity contribution in [3.63, 3.8) is 0 Å². The van der Waals surface area contributed by atoms with Crippen molar-refractivity contribution in [2.75, 3.05) is 18.0 Å². The maximum Gasteiger partial charge on any atom is 0.323 e. The summed E-state index contributed by atoms with van der Waals surface area (Å²) in [4.78, 5) is 25.8. The maximum atomic E-state index is 12.7. The molecule has 0 bridgehead atoms. The van der Waals surface area contributed by atoms with Crippen LogP contribution in [0.15, 0.2) is 29.1 Å². The van der Waals surface area contributed by atoms with E-state index in [0.717, 1.165) is 37.7 Å². The van der Waals surface area contributed by atoms with Crippen molar-refractivity contribution >= 4 is 22.6 Å². The molecule has 3 rings (SSSR count). The molecule has 0 saturated carbocycles. The van der Waals surface area contributed by atoms with Gasteiger partial charge in [-0.15, -0.1) is 0 Å². The number of aromatic nitrogens is 1. The second-order valence-corrected chi connectivity index (χ2v) is 5.69. The van der Waals surface area contributed by atoms with Gasteiger partial charge < -0.3 is 10.0 Å². The van der Waals surface area contributed by atoms with Crippen LogP contribution in [0.1, 0.15) is 24.8 Å². The summed E-state index contributed by atoms with van der Waals surface area (Å²) < 4.78 is 1.17. The van der Waals surface area contributed by atoms with Gasteiger partial charge in [-0.05, 0) is 25.3 Å². The van der Waals surface area contributed by atoms with E-state index < -0.39 is 18.1 Å². The third-order valence-electron chi connectivity index (χ3n) is 4.22. The topological polar surface area (TPSA) is 86.3 Å². The number of nitrogens with zero attached hydrogens (tertiary/aromatic N) is 3. The Morgan fingerprint density at radius 1 is 1.22 bits per heavy atom. The van der Waals surface area contributed by atoms with Crippen LogP contribution in [0, 0.1) is 11.3 Å². The highest BCUT2D eigenvalue weighted by molar-refractivity contribution is 5.95. The fraction of sp³-hybridized carbons (Fsp3) is 0.353. The summed E-state index contributed by atoms with van der Waals surface area (Å²) in [6.45, 7) is 1.16. The zero-order chi connectivity index (χ0) is 16.4. The lowest BCUT2D eigenvalue weighted by molar-refractivity contribution is -0.137. The Balaban J connectivity index is 2.33. The van der Waals surface area contributed by atoms with E-state index in [1.54, 1.807) is 12.1 Å². The summed E-state index contributed by atoms with van der Waals surface area (Å²) in [7, 11) is 0. The number of benzene rings is 1. The van der Waals surface area contributed by atoms with Gasteiger partial charge in [-0.25, -0.2) is 0 Å². The highest BCUT2D eigenvalue weighted by atomic mass is 16.4. The van der Waals surface area contributed by atoms with E-state index in [1.165, 1.54) is 4.57 Å². The number of carboxylic acid groups (broad SMARTS) is 1. The predicted molar refractivity (Wildman–Crippen MR) is 86.6 cm³/mol. The SMILES string of the molecule is N#Cc1c(N2CCCCC2)c2ccccc2n(CC(=O)O)c1=O. The van der Waals surface area contributed by atoms with Gasteiger partial charge in [-0.2, -0.15) is 5.26 Å². The van der Waals surface area contributed by atoms with Crippen LogP contribution < -0.4 is 10.5 Å². The summed E-state index contributed by atoms with van der Waals surface area (Å²) in [5.41, 5.74) is 0.704. The molecule has 1 aromatic carbocycles. The molecule has 1 fully saturated rings. The average molecular weight is 311 g/mol. The molecule has 1 aromatic heterocycles. The summed E-state index contributed by atoms with van der Waals surface area (Å²) >= 11 is 0. The van der Waals surface area contributed by atoms with Crippen LogP contribution in [0.4, 0.5) is 5.69 Å². The summed E-state index contributed by atoms with van der Waals surface area (Å²) in [6, 6.07) is 9.18. The van der Waals surface area contributed by atoms with E-state index in [-0.39, 0.29) is 5.56 Å². The summed E-state index contributed by atoms with van der Waals surface area (Å²) in [5.74, 6) is -1.10. The monoisotopic (exact) mass is 311 g/mol.